The van der Waals surface area contributed by atoms with Crippen LogP contribution in [0.15, 0.2) is 29.1 Å². The van der Waals surface area contributed by atoms with Gasteiger partial charge in [-0.05, 0) is 6.07 Å². The summed E-state index contributed by atoms with van der Waals surface area (Å²) in [6, 6.07) is 3.55. The monoisotopic (exact) mass is 384 g/mol. The average molecular weight is 384 g/mol. The summed E-state index contributed by atoms with van der Waals surface area (Å²) in [5.74, 6) is 1.93. The fourth-order valence-corrected chi connectivity index (χ4v) is 3.21. The van der Waals surface area contributed by atoms with Crippen LogP contribution in [-0.4, -0.2) is 66.3 Å². The molecular formula is C18H20N6O4. The standard InChI is InChI=1S/C18H20N6O4/c1-26-14-7-12-13(8-15(14)27-2)21-18(22-16(12)19)24-5-3-23(4-6-24)17(25)11-9-20-28-10-11/h7-10H,3-6H2,1-2H3,(H2,19,21,22). The van der Waals surface area contributed by atoms with E-state index in [1.807, 2.05) is 4.90 Å². The van der Waals surface area contributed by atoms with E-state index in [1.165, 1.54) is 12.5 Å². The van der Waals surface area contributed by atoms with E-state index < -0.39 is 0 Å². The molecule has 0 spiro atoms. The minimum atomic E-state index is -0.100. The molecular weight excluding hydrogens is 364 g/mol. The minimum Gasteiger partial charge on any atom is -0.493 e. The fourth-order valence-electron chi connectivity index (χ4n) is 3.21. The lowest BCUT2D eigenvalue weighted by molar-refractivity contribution is 0.0745. The van der Waals surface area contributed by atoms with E-state index in [1.54, 1.807) is 31.3 Å². The van der Waals surface area contributed by atoms with Crippen LogP contribution in [0.5, 0.6) is 11.5 Å². The third kappa shape index (κ3) is 3.13. The number of hydrogen-bond acceptors (Lipinski definition) is 9. The molecule has 3 aromatic rings. The van der Waals surface area contributed by atoms with Crippen LogP contribution < -0.4 is 20.1 Å². The normalized spacial score (nSPS) is 14.4. The van der Waals surface area contributed by atoms with Gasteiger partial charge in [-0.25, -0.2) is 4.98 Å². The summed E-state index contributed by atoms with van der Waals surface area (Å²) in [6.07, 6.45) is 2.77. The molecule has 0 unspecified atom stereocenters. The van der Waals surface area contributed by atoms with Gasteiger partial charge in [-0.3, -0.25) is 4.79 Å². The summed E-state index contributed by atoms with van der Waals surface area (Å²) >= 11 is 0. The number of nitrogens with two attached hydrogens (primary N) is 1. The number of amides is 1. The van der Waals surface area contributed by atoms with E-state index in [4.69, 9.17) is 19.7 Å². The molecule has 2 aromatic heterocycles. The molecule has 1 amide bonds. The smallest absolute Gasteiger partial charge is 0.258 e. The fraction of sp³-hybridized carbons (Fsp3) is 0.333. The summed E-state index contributed by atoms with van der Waals surface area (Å²) in [5, 5.41) is 4.28. The van der Waals surface area contributed by atoms with Gasteiger partial charge in [-0.2, -0.15) is 4.98 Å². The van der Waals surface area contributed by atoms with Crippen molar-refractivity contribution in [2.75, 3.05) is 51.0 Å². The maximum Gasteiger partial charge on any atom is 0.258 e. The summed E-state index contributed by atoms with van der Waals surface area (Å²) in [4.78, 5) is 25.2. The maximum absolute atomic E-state index is 12.4. The number of rotatable bonds is 4. The minimum absolute atomic E-state index is 0.100. The number of carbonyl (C=O) groups is 1. The van der Waals surface area contributed by atoms with Crippen LogP contribution in [0.25, 0.3) is 10.9 Å². The molecule has 28 heavy (non-hydrogen) atoms. The van der Waals surface area contributed by atoms with Crippen LogP contribution in [0, 0.1) is 0 Å². The highest BCUT2D eigenvalue weighted by atomic mass is 16.5. The Kier molecular flexibility index (Phi) is 4.60. The number of hydrogen-bond donors (Lipinski definition) is 1. The van der Waals surface area contributed by atoms with Gasteiger partial charge in [-0.1, -0.05) is 5.16 Å². The van der Waals surface area contributed by atoms with E-state index in [0.29, 0.717) is 65.9 Å². The number of nitrogen functional groups attached to an aromatic ring is 1. The highest BCUT2D eigenvalue weighted by Crippen LogP contribution is 2.34. The van der Waals surface area contributed by atoms with Crippen LogP contribution >= 0.6 is 0 Å². The molecule has 0 saturated carbocycles. The summed E-state index contributed by atoms with van der Waals surface area (Å²) < 4.78 is 15.4. The molecule has 1 aromatic carbocycles. The molecule has 1 aliphatic heterocycles. The van der Waals surface area contributed by atoms with Crippen molar-refractivity contribution >= 4 is 28.6 Å². The van der Waals surface area contributed by atoms with E-state index in [0.717, 1.165) is 0 Å². The van der Waals surface area contributed by atoms with Crippen molar-refractivity contribution < 1.29 is 18.8 Å². The molecule has 0 radical (unpaired) electrons. The van der Waals surface area contributed by atoms with Gasteiger partial charge < -0.3 is 29.5 Å². The molecule has 1 saturated heterocycles. The van der Waals surface area contributed by atoms with E-state index in [9.17, 15) is 4.79 Å². The number of methoxy groups -OCH3 is 2. The number of ether oxygens (including phenoxy) is 2. The zero-order valence-corrected chi connectivity index (χ0v) is 15.6. The Morgan fingerprint density at radius 2 is 1.82 bits per heavy atom. The first-order valence-corrected chi connectivity index (χ1v) is 8.73. The summed E-state index contributed by atoms with van der Waals surface area (Å²) in [6.45, 7) is 2.26. The van der Waals surface area contributed by atoms with Crippen LogP contribution in [-0.2, 0) is 0 Å². The maximum atomic E-state index is 12.4. The number of nitrogens with zero attached hydrogens (tertiary/aromatic N) is 5. The molecule has 0 bridgehead atoms. The number of fused-ring (bicyclic) bond motifs is 1. The van der Waals surface area contributed by atoms with Gasteiger partial charge in [0, 0.05) is 37.6 Å². The summed E-state index contributed by atoms with van der Waals surface area (Å²) in [5.41, 5.74) is 7.28. The van der Waals surface area contributed by atoms with Gasteiger partial charge in [0.1, 0.15) is 12.1 Å². The molecule has 1 aliphatic rings. The second-order valence-electron chi connectivity index (χ2n) is 6.33. The third-order valence-electron chi connectivity index (χ3n) is 4.75. The highest BCUT2D eigenvalue weighted by molar-refractivity contribution is 5.94. The lowest BCUT2D eigenvalue weighted by Gasteiger charge is -2.34. The number of anilines is 2. The SMILES string of the molecule is COc1cc2nc(N3CCN(C(=O)c4cnoc4)CC3)nc(N)c2cc1OC. The number of carbonyl (C=O) groups excluding carboxylic acids is 1. The Labute approximate surface area is 160 Å². The average Bonchev–Trinajstić information content (AvgIpc) is 3.27. The molecule has 10 nitrogen and oxygen atoms in total. The van der Waals surface area contributed by atoms with Crippen molar-refractivity contribution in [3.8, 4) is 11.5 Å². The van der Waals surface area contributed by atoms with Crippen molar-refractivity contribution in [3.05, 3.63) is 30.2 Å². The van der Waals surface area contributed by atoms with Crippen LogP contribution in [0.3, 0.4) is 0 Å². The molecule has 4 rings (SSSR count). The number of piperazine rings is 1. The highest BCUT2D eigenvalue weighted by Gasteiger charge is 2.25. The quantitative estimate of drug-likeness (QED) is 0.707. The molecule has 146 valence electrons. The van der Waals surface area contributed by atoms with Crippen molar-refractivity contribution in [2.24, 2.45) is 0 Å². The Balaban J connectivity index is 1.56. The Morgan fingerprint density at radius 1 is 1.11 bits per heavy atom. The number of aromatic nitrogens is 3. The lowest BCUT2D eigenvalue weighted by atomic mass is 10.2. The molecule has 2 N–H and O–H groups in total. The zero-order valence-electron chi connectivity index (χ0n) is 15.6. The lowest BCUT2D eigenvalue weighted by Crippen LogP contribution is -2.49. The largest absolute Gasteiger partial charge is 0.493 e. The van der Waals surface area contributed by atoms with Crippen molar-refractivity contribution in [1.29, 1.82) is 0 Å². The molecule has 1 fully saturated rings. The first kappa shape index (κ1) is 17.8. The Hall–Kier alpha value is -3.56. The topological polar surface area (TPSA) is 120 Å². The molecule has 0 atom stereocenters. The van der Waals surface area contributed by atoms with Crippen molar-refractivity contribution in [2.45, 2.75) is 0 Å². The van der Waals surface area contributed by atoms with Gasteiger partial charge in [0.25, 0.3) is 5.91 Å². The van der Waals surface area contributed by atoms with Gasteiger partial charge in [0.15, 0.2) is 11.5 Å². The van der Waals surface area contributed by atoms with Crippen LogP contribution in [0.4, 0.5) is 11.8 Å². The molecule has 10 heteroatoms. The van der Waals surface area contributed by atoms with Crippen molar-refractivity contribution in [3.63, 3.8) is 0 Å². The van der Waals surface area contributed by atoms with E-state index in [2.05, 4.69) is 15.1 Å². The first-order valence-electron chi connectivity index (χ1n) is 8.73. The van der Waals surface area contributed by atoms with E-state index >= 15 is 0 Å². The van der Waals surface area contributed by atoms with Crippen LogP contribution in [0.1, 0.15) is 10.4 Å². The second-order valence-corrected chi connectivity index (χ2v) is 6.33. The van der Waals surface area contributed by atoms with Crippen molar-refractivity contribution in [1.82, 2.24) is 20.0 Å². The number of benzene rings is 1. The van der Waals surface area contributed by atoms with Crippen LogP contribution in [0.2, 0.25) is 0 Å². The first-order chi connectivity index (χ1) is 13.6. The predicted molar refractivity (Wildman–Crippen MR) is 102 cm³/mol. The van der Waals surface area contributed by atoms with Gasteiger partial charge >= 0.3 is 0 Å². The van der Waals surface area contributed by atoms with Gasteiger partial charge in [0.2, 0.25) is 5.95 Å². The van der Waals surface area contributed by atoms with Gasteiger partial charge in [0.05, 0.1) is 31.5 Å². The molecule has 0 aliphatic carbocycles. The Bertz CT molecular complexity index is 999. The third-order valence-corrected chi connectivity index (χ3v) is 4.75. The van der Waals surface area contributed by atoms with Gasteiger partial charge in [-0.15, -0.1) is 0 Å². The summed E-state index contributed by atoms with van der Waals surface area (Å²) in [7, 11) is 3.14. The van der Waals surface area contributed by atoms with E-state index in [-0.39, 0.29) is 5.91 Å². The molecule has 3 heterocycles. The zero-order chi connectivity index (χ0) is 19.7. The predicted octanol–water partition coefficient (Wildman–Crippen LogP) is 1.18. The second kappa shape index (κ2) is 7.22. The Morgan fingerprint density at radius 3 is 2.46 bits per heavy atom.